The number of carbonyl (C=O) groups excluding carboxylic acids is 1. The standard InChI is InChI=1S/C16H20N4O2/c1-2-22-13-9-12(16(13)5-3-6-16)19-14(21)11-10-20-8-4-7-17-15(20)18-11/h4,7-8,10,12-13H,2-3,5-6,9H2,1H3,(H,19,21)/t12-,13-/m1/s1. The largest absolute Gasteiger partial charge is 0.378 e. The highest BCUT2D eigenvalue weighted by Gasteiger charge is 2.59. The fourth-order valence-corrected chi connectivity index (χ4v) is 3.81. The number of hydrogen-bond donors (Lipinski definition) is 1. The smallest absolute Gasteiger partial charge is 0.271 e. The predicted molar refractivity (Wildman–Crippen MR) is 80.6 cm³/mol. The molecule has 0 aromatic carbocycles. The van der Waals surface area contributed by atoms with Gasteiger partial charge in [-0.15, -0.1) is 0 Å². The van der Waals surface area contributed by atoms with E-state index in [1.165, 1.54) is 6.42 Å². The van der Waals surface area contributed by atoms with Gasteiger partial charge in [-0.3, -0.25) is 9.20 Å². The third kappa shape index (κ3) is 1.94. The molecule has 6 heteroatoms. The van der Waals surface area contributed by atoms with E-state index in [1.54, 1.807) is 16.8 Å². The van der Waals surface area contributed by atoms with Gasteiger partial charge in [-0.2, -0.15) is 0 Å². The predicted octanol–water partition coefficient (Wildman–Crippen LogP) is 1.81. The maximum absolute atomic E-state index is 12.5. The number of carbonyl (C=O) groups is 1. The average molecular weight is 300 g/mol. The van der Waals surface area contributed by atoms with Crippen LogP contribution in [0.1, 0.15) is 43.1 Å². The Balaban J connectivity index is 1.48. The van der Waals surface area contributed by atoms with Gasteiger partial charge in [0, 0.05) is 36.7 Å². The minimum absolute atomic E-state index is 0.114. The Morgan fingerprint density at radius 3 is 3.09 bits per heavy atom. The van der Waals surface area contributed by atoms with Gasteiger partial charge >= 0.3 is 0 Å². The molecule has 2 aliphatic carbocycles. The van der Waals surface area contributed by atoms with Gasteiger partial charge in [0.1, 0.15) is 5.69 Å². The first-order valence-electron chi connectivity index (χ1n) is 7.95. The van der Waals surface area contributed by atoms with E-state index in [-0.39, 0.29) is 17.4 Å². The third-order valence-electron chi connectivity index (χ3n) is 5.21. The molecule has 0 radical (unpaired) electrons. The van der Waals surface area contributed by atoms with Crippen LogP contribution >= 0.6 is 0 Å². The fourth-order valence-electron chi connectivity index (χ4n) is 3.81. The number of rotatable bonds is 4. The molecule has 0 unspecified atom stereocenters. The lowest BCUT2D eigenvalue weighted by Crippen LogP contribution is -2.67. The van der Waals surface area contributed by atoms with Gasteiger partial charge in [-0.25, -0.2) is 9.97 Å². The highest BCUT2D eigenvalue weighted by molar-refractivity contribution is 5.93. The van der Waals surface area contributed by atoms with Crippen molar-refractivity contribution in [2.45, 2.75) is 44.8 Å². The van der Waals surface area contributed by atoms with Crippen LogP contribution in [0.2, 0.25) is 0 Å². The van der Waals surface area contributed by atoms with E-state index >= 15 is 0 Å². The van der Waals surface area contributed by atoms with Crippen LogP contribution in [-0.2, 0) is 4.74 Å². The summed E-state index contributed by atoms with van der Waals surface area (Å²) in [6.45, 7) is 2.77. The molecule has 116 valence electrons. The zero-order valence-corrected chi connectivity index (χ0v) is 12.7. The van der Waals surface area contributed by atoms with Crippen molar-refractivity contribution < 1.29 is 9.53 Å². The van der Waals surface area contributed by atoms with Gasteiger partial charge in [-0.05, 0) is 32.3 Å². The van der Waals surface area contributed by atoms with Gasteiger partial charge < -0.3 is 10.1 Å². The van der Waals surface area contributed by atoms with E-state index in [2.05, 4.69) is 15.3 Å². The lowest BCUT2D eigenvalue weighted by molar-refractivity contribution is -0.169. The van der Waals surface area contributed by atoms with Crippen LogP contribution in [0.15, 0.2) is 24.7 Å². The molecule has 6 nitrogen and oxygen atoms in total. The van der Waals surface area contributed by atoms with Gasteiger partial charge in [0.15, 0.2) is 0 Å². The van der Waals surface area contributed by atoms with Crippen LogP contribution in [-0.4, -0.2) is 39.0 Å². The molecule has 1 N–H and O–H groups in total. The van der Waals surface area contributed by atoms with Crippen LogP contribution in [0.3, 0.4) is 0 Å². The van der Waals surface area contributed by atoms with Gasteiger partial charge in [0.2, 0.25) is 5.78 Å². The summed E-state index contributed by atoms with van der Waals surface area (Å²) in [5, 5.41) is 3.15. The molecule has 0 saturated heterocycles. The molecule has 2 saturated carbocycles. The Kier molecular flexibility index (Phi) is 3.14. The number of nitrogens with one attached hydrogen (secondary N) is 1. The summed E-state index contributed by atoms with van der Waals surface area (Å²) in [6.07, 6.45) is 9.98. The van der Waals surface area contributed by atoms with Gasteiger partial charge in [0.25, 0.3) is 5.91 Å². The summed E-state index contributed by atoms with van der Waals surface area (Å²) >= 11 is 0. The molecular weight excluding hydrogens is 280 g/mol. The highest BCUT2D eigenvalue weighted by atomic mass is 16.5. The van der Waals surface area contributed by atoms with E-state index in [0.717, 1.165) is 25.9 Å². The second-order valence-electron chi connectivity index (χ2n) is 6.25. The summed E-state index contributed by atoms with van der Waals surface area (Å²) < 4.78 is 7.58. The fraction of sp³-hybridized carbons (Fsp3) is 0.562. The maximum atomic E-state index is 12.5. The van der Waals surface area contributed by atoms with Crippen LogP contribution in [0, 0.1) is 5.41 Å². The number of nitrogens with zero attached hydrogens (tertiary/aromatic N) is 3. The molecule has 0 bridgehead atoms. The normalized spacial score (nSPS) is 25.7. The topological polar surface area (TPSA) is 68.5 Å². The van der Waals surface area contributed by atoms with Crippen molar-refractivity contribution in [2.24, 2.45) is 5.41 Å². The van der Waals surface area contributed by atoms with Crippen molar-refractivity contribution in [3.63, 3.8) is 0 Å². The van der Waals surface area contributed by atoms with Crippen molar-refractivity contribution in [3.8, 4) is 0 Å². The molecular formula is C16H20N4O2. The Bertz CT molecular complexity index is 674. The molecule has 2 aliphatic rings. The van der Waals surface area contributed by atoms with Crippen LogP contribution < -0.4 is 5.32 Å². The molecule has 22 heavy (non-hydrogen) atoms. The molecule has 2 heterocycles. The molecule has 0 aliphatic heterocycles. The van der Waals surface area contributed by atoms with Crippen molar-refractivity contribution >= 4 is 11.7 Å². The monoisotopic (exact) mass is 300 g/mol. The van der Waals surface area contributed by atoms with Crippen molar-refractivity contribution in [2.75, 3.05) is 6.61 Å². The first-order valence-corrected chi connectivity index (χ1v) is 7.95. The van der Waals surface area contributed by atoms with Crippen molar-refractivity contribution in [1.82, 2.24) is 19.7 Å². The van der Waals surface area contributed by atoms with Crippen molar-refractivity contribution in [1.29, 1.82) is 0 Å². The zero-order valence-electron chi connectivity index (χ0n) is 12.7. The Labute approximate surface area is 128 Å². The van der Waals surface area contributed by atoms with Crippen LogP contribution in [0.4, 0.5) is 0 Å². The molecule has 1 spiro atoms. The minimum atomic E-state index is -0.114. The molecule has 4 rings (SSSR count). The summed E-state index contributed by atoms with van der Waals surface area (Å²) in [5.41, 5.74) is 0.594. The molecule has 2 atom stereocenters. The molecule has 2 aromatic heterocycles. The van der Waals surface area contributed by atoms with E-state index in [9.17, 15) is 4.79 Å². The third-order valence-corrected chi connectivity index (χ3v) is 5.21. The lowest BCUT2D eigenvalue weighted by Gasteiger charge is -2.60. The number of fused-ring (bicyclic) bond motifs is 1. The minimum Gasteiger partial charge on any atom is -0.378 e. The maximum Gasteiger partial charge on any atom is 0.271 e. The van der Waals surface area contributed by atoms with Gasteiger partial charge in [-0.1, -0.05) is 6.42 Å². The summed E-state index contributed by atoms with van der Waals surface area (Å²) in [5.74, 6) is 0.434. The number of ether oxygens (including phenoxy) is 1. The van der Waals surface area contributed by atoms with Crippen LogP contribution in [0.5, 0.6) is 0 Å². The summed E-state index contributed by atoms with van der Waals surface area (Å²) in [6, 6.07) is 2.03. The molecule has 1 amide bonds. The quantitative estimate of drug-likeness (QED) is 0.935. The van der Waals surface area contributed by atoms with E-state index in [4.69, 9.17) is 4.74 Å². The number of hydrogen-bond acceptors (Lipinski definition) is 4. The van der Waals surface area contributed by atoms with Crippen molar-refractivity contribution in [3.05, 3.63) is 30.4 Å². The Hall–Kier alpha value is -1.95. The zero-order chi connectivity index (χ0) is 15.2. The summed E-state index contributed by atoms with van der Waals surface area (Å²) in [4.78, 5) is 20.9. The second kappa shape index (κ2) is 5.05. The lowest BCUT2D eigenvalue weighted by atomic mass is 9.51. The molecule has 2 aromatic rings. The molecule has 2 fully saturated rings. The highest BCUT2D eigenvalue weighted by Crippen LogP contribution is 2.57. The SMILES string of the molecule is CCO[C@@H]1C[C@@H](NC(=O)c2cn3cccnc3n2)C12CCC2. The van der Waals surface area contributed by atoms with E-state index < -0.39 is 0 Å². The Morgan fingerprint density at radius 1 is 1.55 bits per heavy atom. The van der Waals surface area contributed by atoms with Gasteiger partial charge in [0.05, 0.1) is 6.10 Å². The Morgan fingerprint density at radius 2 is 2.41 bits per heavy atom. The number of aromatic nitrogens is 3. The number of amides is 1. The van der Waals surface area contributed by atoms with E-state index in [1.807, 2.05) is 19.2 Å². The second-order valence-corrected chi connectivity index (χ2v) is 6.25. The average Bonchev–Trinajstić information content (AvgIpc) is 2.88. The first-order chi connectivity index (χ1) is 10.7. The first kappa shape index (κ1) is 13.7. The van der Waals surface area contributed by atoms with Crippen LogP contribution in [0.25, 0.3) is 5.78 Å². The summed E-state index contributed by atoms with van der Waals surface area (Å²) in [7, 11) is 0. The number of imidazole rings is 1. The van der Waals surface area contributed by atoms with E-state index in [0.29, 0.717) is 17.6 Å².